The topological polar surface area (TPSA) is 37.4 Å². The molecule has 0 N–H and O–H groups in total. The van der Waals surface area contributed by atoms with E-state index < -0.39 is 15.8 Å². The summed E-state index contributed by atoms with van der Waals surface area (Å²) >= 11 is 0. The zero-order valence-corrected chi connectivity index (χ0v) is 12.0. The predicted octanol–water partition coefficient (Wildman–Crippen LogP) is 3.17. The van der Waals surface area contributed by atoms with Gasteiger partial charge >= 0.3 is 0 Å². The number of benzene rings is 1. The Morgan fingerprint density at radius 1 is 1.26 bits per heavy atom. The highest BCUT2D eigenvalue weighted by molar-refractivity contribution is 7.89. The standard InChI is InChI=1S/C14H20FNO2S/c1-2-5-13-6-3-4-11-16(13)19(17,18)14-9-7-12(15)8-10-14/h7-10,13H,2-6,11H2,1H3. The summed E-state index contributed by atoms with van der Waals surface area (Å²) in [5, 5.41) is 0. The fourth-order valence-corrected chi connectivity index (χ4v) is 4.38. The van der Waals surface area contributed by atoms with E-state index in [1.54, 1.807) is 4.31 Å². The molecule has 1 saturated heterocycles. The molecule has 0 aliphatic carbocycles. The summed E-state index contributed by atoms with van der Waals surface area (Å²) in [7, 11) is -3.48. The van der Waals surface area contributed by atoms with Gasteiger partial charge in [-0.25, -0.2) is 12.8 Å². The Morgan fingerprint density at radius 2 is 1.95 bits per heavy atom. The van der Waals surface area contributed by atoms with Crippen molar-refractivity contribution in [3.05, 3.63) is 30.1 Å². The smallest absolute Gasteiger partial charge is 0.207 e. The van der Waals surface area contributed by atoms with E-state index in [1.165, 1.54) is 24.3 Å². The molecule has 0 radical (unpaired) electrons. The fraction of sp³-hybridized carbons (Fsp3) is 0.571. The summed E-state index contributed by atoms with van der Waals surface area (Å²) < 4.78 is 39.7. The largest absolute Gasteiger partial charge is 0.243 e. The minimum absolute atomic E-state index is 0.0915. The van der Waals surface area contributed by atoms with Crippen molar-refractivity contribution >= 4 is 10.0 Å². The van der Waals surface area contributed by atoms with E-state index in [2.05, 4.69) is 6.92 Å². The van der Waals surface area contributed by atoms with Crippen molar-refractivity contribution in [3.63, 3.8) is 0 Å². The summed E-state index contributed by atoms with van der Waals surface area (Å²) in [5.74, 6) is -0.414. The average Bonchev–Trinajstić information content (AvgIpc) is 2.40. The van der Waals surface area contributed by atoms with E-state index in [0.717, 1.165) is 32.1 Å². The molecule has 5 heteroatoms. The van der Waals surface area contributed by atoms with Crippen molar-refractivity contribution < 1.29 is 12.8 Å². The summed E-state index contributed by atoms with van der Waals surface area (Å²) in [6, 6.07) is 5.19. The van der Waals surface area contributed by atoms with Crippen molar-refractivity contribution in [1.29, 1.82) is 0 Å². The van der Waals surface area contributed by atoms with Gasteiger partial charge < -0.3 is 0 Å². The van der Waals surface area contributed by atoms with Crippen LogP contribution in [0.3, 0.4) is 0 Å². The third-order valence-electron chi connectivity index (χ3n) is 3.62. The summed E-state index contributed by atoms with van der Waals surface area (Å²) in [5.41, 5.74) is 0. The minimum atomic E-state index is -3.48. The molecule has 0 spiro atoms. The van der Waals surface area contributed by atoms with Crippen LogP contribution in [0, 0.1) is 5.82 Å². The van der Waals surface area contributed by atoms with Crippen LogP contribution >= 0.6 is 0 Å². The van der Waals surface area contributed by atoms with Crippen molar-refractivity contribution in [1.82, 2.24) is 4.31 Å². The number of sulfonamides is 1. The second-order valence-corrected chi connectivity index (χ2v) is 6.90. The van der Waals surface area contributed by atoms with Crippen LogP contribution in [0.1, 0.15) is 39.0 Å². The first-order chi connectivity index (χ1) is 9.05. The molecule has 106 valence electrons. The molecule has 0 saturated carbocycles. The average molecular weight is 285 g/mol. The van der Waals surface area contributed by atoms with Gasteiger partial charge in [0, 0.05) is 12.6 Å². The van der Waals surface area contributed by atoms with E-state index in [4.69, 9.17) is 0 Å². The zero-order chi connectivity index (χ0) is 13.9. The van der Waals surface area contributed by atoms with Gasteiger partial charge in [-0.3, -0.25) is 0 Å². The molecule has 0 amide bonds. The first kappa shape index (κ1) is 14.5. The normalized spacial score (nSPS) is 21.5. The SMILES string of the molecule is CCCC1CCCCN1S(=O)(=O)c1ccc(F)cc1. The zero-order valence-electron chi connectivity index (χ0n) is 11.2. The Hall–Kier alpha value is -0.940. The monoisotopic (exact) mass is 285 g/mol. The quantitative estimate of drug-likeness (QED) is 0.852. The van der Waals surface area contributed by atoms with Gasteiger partial charge in [-0.05, 0) is 43.5 Å². The highest BCUT2D eigenvalue weighted by Gasteiger charge is 2.32. The van der Waals surface area contributed by atoms with Crippen molar-refractivity contribution in [2.24, 2.45) is 0 Å². The molecule has 0 bridgehead atoms. The van der Waals surface area contributed by atoms with Crippen LogP contribution in [-0.2, 0) is 10.0 Å². The molecule has 1 aliphatic heterocycles. The van der Waals surface area contributed by atoms with Crippen molar-refractivity contribution in [2.45, 2.75) is 50.0 Å². The summed E-state index contributed by atoms with van der Waals surface area (Å²) in [6.45, 7) is 2.64. The van der Waals surface area contributed by atoms with Gasteiger partial charge in [-0.15, -0.1) is 0 Å². The van der Waals surface area contributed by atoms with Gasteiger partial charge in [-0.1, -0.05) is 19.8 Å². The maximum Gasteiger partial charge on any atom is 0.243 e. The molecular weight excluding hydrogens is 265 g/mol. The lowest BCUT2D eigenvalue weighted by Crippen LogP contribution is -2.43. The Labute approximate surface area is 114 Å². The number of hydrogen-bond acceptors (Lipinski definition) is 2. The molecule has 1 aromatic carbocycles. The molecule has 1 unspecified atom stereocenters. The van der Waals surface area contributed by atoms with Crippen molar-refractivity contribution in [3.8, 4) is 0 Å². The molecule has 3 nitrogen and oxygen atoms in total. The van der Waals surface area contributed by atoms with E-state index in [1.807, 2.05) is 0 Å². The Kier molecular flexibility index (Phi) is 4.58. The van der Waals surface area contributed by atoms with E-state index in [-0.39, 0.29) is 10.9 Å². The molecule has 19 heavy (non-hydrogen) atoms. The molecular formula is C14H20FNO2S. The maximum atomic E-state index is 12.9. The number of nitrogens with zero attached hydrogens (tertiary/aromatic N) is 1. The van der Waals surface area contributed by atoms with Gasteiger partial charge in [0.25, 0.3) is 0 Å². The van der Waals surface area contributed by atoms with Gasteiger partial charge in [0.1, 0.15) is 5.82 Å². The van der Waals surface area contributed by atoms with E-state index in [0.29, 0.717) is 6.54 Å². The van der Waals surface area contributed by atoms with Gasteiger partial charge in [0.2, 0.25) is 10.0 Å². The molecule has 1 fully saturated rings. The highest BCUT2D eigenvalue weighted by atomic mass is 32.2. The maximum absolute atomic E-state index is 12.9. The lowest BCUT2D eigenvalue weighted by molar-refractivity contribution is 0.239. The van der Waals surface area contributed by atoms with Crippen LogP contribution in [-0.4, -0.2) is 25.3 Å². The highest BCUT2D eigenvalue weighted by Crippen LogP contribution is 2.27. The molecule has 1 aliphatic rings. The molecule has 1 atom stereocenters. The summed E-state index contributed by atoms with van der Waals surface area (Å²) in [6.07, 6.45) is 4.77. The first-order valence-corrected chi connectivity index (χ1v) is 8.27. The second kappa shape index (κ2) is 6.01. The fourth-order valence-electron chi connectivity index (χ4n) is 2.65. The van der Waals surface area contributed by atoms with Crippen LogP contribution in [0.25, 0.3) is 0 Å². The number of hydrogen-bond donors (Lipinski definition) is 0. The number of rotatable bonds is 4. The van der Waals surface area contributed by atoms with Crippen molar-refractivity contribution in [2.75, 3.05) is 6.54 Å². The van der Waals surface area contributed by atoms with Crippen LogP contribution in [0.2, 0.25) is 0 Å². The molecule has 2 rings (SSSR count). The van der Waals surface area contributed by atoms with Crippen LogP contribution in [0.5, 0.6) is 0 Å². The molecule has 1 aromatic rings. The predicted molar refractivity (Wildman–Crippen MR) is 72.8 cm³/mol. The van der Waals surface area contributed by atoms with Crippen LogP contribution in [0.15, 0.2) is 29.2 Å². The minimum Gasteiger partial charge on any atom is -0.207 e. The first-order valence-electron chi connectivity index (χ1n) is 6.83. The summed E-state index contributed by atoms with van der Waals surface area (Å²) in [4.78, 5) is 0.192. The Balaban J connectivity index is 2.28. The van der Waals surface area contributed by atoms with E-state index in [9.17, 15) is 12.8 Å². The van der Waals surface area contributed by atoms with Gasteiger partial charge in [0.05, 0.1) is 4.90 Å². The third-order valence-corrected chi connectivity index (χ3v) is 5.58. The Bertz CT molecular complexity index is 511. The van der Waals surface area contributed by atoms with Gasteiger partial charge in [0.15, 0.2) is 0 Å². The lowest BCUT2D eigenvalue weighted by Gasteiger charge is -2.34. The van der Waals surface area contributed by atoms with E-state index >= 15 is 0 Å². The number of piperidine rings is 1. The molecule has 0 aromatic heterocycles. The molecule has 1 heterocycles. The number of halogens is 1. The Morgan fingerprint density at radius 3 is 2.58 bits per heavy atom. The van der Waals surface area contributed by atoms with Crippen LogP contribution < -0.4 is 0 Å². The second-order valence-electron chi connectivity index (χ2n) is 5.01. The third kappa shape index (κ3) is 3.15. The van der Waals surface area contributed by atoms with Gasteiger partial charge in [-0.2, -0.15) is 4.31 Å². The lowest BCUT2D eigenvalue weighted by atomic mass is 10.0. The van der Waals surface area contributed by atoms with Crippen LogP contribution in [0.4, 0.5) is 4.39 Å².